The zero-order chi connectivity index (χ0) is 13.0. The molecule has 0 bridgehead atoms. The molecule has 0 spiro atoms. The van der Waals surface area contributed by atoms with Crippen LogP contribution < -0.4 is 5.32 Å². The van der Waals surface area contributed by atoms with Gasteiger partial charge >= 0.3 is 0 Å². The summed E-state index contributed by atoms with van der Waals surface area (Å²) in [6.07, 6.45) is 8.98. The van der Waals surface area contributed by atoms with Crippen LogP contribution in [0.3, 0.4) is 0 Å². The maximum Gasteiger partial charge on any atom is 0.0621 e. The second-order valence-electron chi connectivity index (χ2n) is 6.56. The summed E-state index contributed by atoms with van der Waals surface area (Å²) in [4.78, 5) is 0. The number of aliphatic hydroxyl groups is 1. The summed E-state index contributed by atoms with van der Waals surface area (Å²) in [5.74, 6) is 0. The minimum Gasteiger partial charge on any atom is -0.392 e. The molecule has 0 radical (unpaired) electrons. The van der Waals surface area contributed by atoms with Gasteiger partial charge in [-0.3, -0.25) is 0 Å². The summed E-state index contributed by atoms with van der Waals surface area (Å²) in [5.41, 5.74) is 0.0459. The van der Waals surface area contributed by atoms with Crippen molar-refractivity contribution in [3.05, 3.63) is 0 Å². The van der Waals surface area contributed by atoms with Gasteiger partial charge in [0.15, 0.2) is 0 Å². The van der Waals surface area contributed by atoms with E-state index >= 15 is 0 Å². The highest BCUT2D eigenvalue weighted by Crippen LogP contribution is 2.40. The van der Waals surface area contributed by atoms with Gasteiger partial charge in [-0.2, -0.15) is 0 Å². The zero-order valence-electron chi connectivity index (χ0n) is 12.0. The SMILES string of the molecule is CC1(C)C(O)CC1NCCCOC1CCCCC1. The lowest BCUT2D eigenvalue weighted by molar-refractivity contribution is -0.0729. The molecule has 2 aliphatic rings. The highest BCUT2D eigenvalue weighted by molar-refractivity contribution is 5.01. The fourth-order valence-electron chi connectivity index (χ4n) is 3.08. The van der Waals surface area contributed by atoms with Crippen LogP contribution in [0.15, 0.2) is 0 Å². The predicted molar refractivity (Wildman–Crippen MR) is 73.6 cm³/mol. The fraction of sp³-hybridized carbons (Fsp3) is 1.00. The largest absolute Gasteiger partial charge is 0.392 e. The Hall–Kier alpha value is -0.120. The summed E-state index contributed by atoms with van der Waals surface area (Å²) < 4.78 is 5.90. The van der Waals surface area contributed by atoms with Crippen molar-refractivity contribution in [1.82, 2.24) is 5.32 Å². The first kappa shape index (κ1) is 14.3. The number of aliphatic hydroxyl groups excluding tert-OH is 1. The van der Waals surface area contributed by atoms with Crippen molar-refractivity contribution >= 4 is 0 Å². The van der Waals surface area contributed by atoms with Crippen LogP contribution in [0.4, 0.5) is 0 Å². The Morgan fingerprint density at radius 2 is 1.94 bits per heavy atom. The summed E-state index contributed by atoms with van der Waals surface area (Å²) in [7, 11) is 0. The Morgan fingerprint density at radius 3 is 2.56 bits per heavy atom. The Bertz CT molecular complexity index is 249. The zero-order valence-corrected chi connectivity index (χ0v) is 12.0. The van der Waals surface area contributed by atoms with E-state index in [1.165, 1.54) is 32.1 Å². The van der Waals surface area contributed by atoms with Gasteiger partial charge in [0, 0.05) is 18.1 Å². The Labute approximate surface area is 111 Å². The van der Waals surface area contributed by atoms with Crippen molar-refractivity contribution in [3.8, 4) is 0 Å². The minimum atomic E-state index is -0.131. The number of ether oxygens (including phenoxy) is 1. The molecule has 106 valence electrons. The third kappa shape index (κ3) is 3.46. The maximum absolute atomic E-state index is 9.65. The number of hydrogen-bond donors (Lipinski definition) is 2. The highest BCUT2D eigenvalue weighted by Gasteiger charge is 2.46. The van der Waals surface area contributed by atoms with Gasteiger partial charge in [-0.1, -0.05) is 33.1 Å². The molecule has 18 heavy (non-hydrogen) atoms. The molecule has 0 aromatic heterocycles. The first-order valence-electron chi connectivity index (χ1n) is 7.64. The fourth-order valence-corrected chi connectivity index (χ4v) is 3.08. The first-order chi connectivity index (χ1) is 8.60. The molecule has 0 aromatic carbocycles. The quantitative estimate of drug-likeness (QED) is 0.716. The topological polar surface area (TPSA) is 41.5 Å². The summed E-state index contributed by atoms with van der Waals surface area (Å²) in [6, 6.07) is 0.474. The third-order valence-corrected chi connectivity index (χ3v) is 4.83. The minimum absolute atomic E-state index is 0.0459. The van der Waals surface area contributed by atoms with Gasteiger partial charge in [0.05, 0.1) is 12.2 Å². The van der Waals surface area contributed by atoms with Crippen molar-refractivity contribution in [2.24, 2.45) is 5.41 Å². The summed E-state index contributed by atoms with van der Waals surface area (Å²) in [5, 5.41) is 13.2. The van der Waals surface area contributed by atoms with E-state index in [0.29, 0.717) is 12.1 Å². The lowest BCUT2D eigenvalue weighted by Crippen LogP contribution is -2.60. The van der Waals surface area contributed by atoms with Crippen molar-refractivity contribution in [1.29, 1.82) is 0 Å². The molecule has 3 heteroatoms. The van der Waals surface area contributed by atoms with E-state index in [2.05, 4.69) is 19.2 Å². The highest BCUT2D eigenvalue weighted by atomic mass is 16.5. The summed E-state index contributed by atoms with van der Waals surface area (Å²) >= 11 is 0. The van der Waals surface area contributed by atoms with Crippen molar-refractivity contribution in [2.45, 2.75) is 77.0 Å². The van der Waals surface area contributed by atoms with Crippen LogP contribution >= 0.6 is 0 Å². The van der Waals surface area contributed by atoms with Gasteiger partial charge < -0.3 is 15.2 Å². The van der Waals surface area contributed by atoms with E-state index in [9.17, 15) is 5.11 Å². The van der Waals surface area contributed by atoms with Gasteiger partial charge in [-0.25, -0.2) is 0 Å². The van der Waals surface area contributed by atoms with Crippen LogP contribution in [0.2, 0.25) is 0 Å². The molecule has 2 fully saturated rings. The van der Waals surface area contributed by atoms with Gasteiger partial charge in [0.1, 0.15) is 0 Å². The second kappa shape index (κ2) is 6.36. The maximum atomic E-state index is 9.65. The van der Waals surface area contributed by atoms with Crippen LogP contribution in [0.5, 0.6) is 0 Å². The molecule has 2 saturated carbocycles. The number of rotatable bonds is 6. The predicted octanol–water partition coefficient (Wildman–Crippen LogP) is 2.47. The first-order valence-corrected chi connectivity index (χ1v) is 7.64. The third-order valence-electron chi connectivity index (χ3n) is 4.83. The molecule has 0 amide bonds. The van der Waals surface area contributed by atoms with Crippen LogP contribution in [0.25, 0.3) is 0 Å². The lowest BCUT2D eigenvalue weighted by Gasteiger charge is -2.49. The Morgan fingerprint density at radius 1 is 1.22 bits per heavy atom. The molecule has 0 saturated heterocycles. The molecular weight excluding hydrogens is 226 g/mol. The molecular formula is C15H29NO2. The van der Waals surface area contributed by atoms with Gasteiger partial charge in [0.2, 0.25) is 0 Å². The smallest absolute Gasteiger partial charge is 0.0621 e. The van der Waals surface area contributed by atoms with E-state index in [1.54, 1.807) is 0 Å². The molecule has 2 atom stereocenters. The van der Waals surface area contributed by atoms with E-state index in [1.807, 2.05) is 0 Å². The van der Waals surface area contributed by atoms with Crippen molar-refractivity contribution < 1.29 is 9.84 Å². The average Bonchev–Trinajstić information content (AvgIpc) is 2.38. The number of nitrogens with one attached hydrogen (secondary N) is 1. The molecule has 2 rings (SSSR count). The van der Waals surface area contributed by atoms with Gasteiger partial charge in [-0.15, -0.1) is 0 Å². The molecule has 0 aliphatic heterocycles. The van der Waals surface area contributed by atoms with Crippen LogP contribution in [-0.4, -0.2) is 36.5 Å². The molecule has 0 aromatic rings. The number of hydrogen-bond acceptors (Lipinski definition) is 3. The Kier molecular flexibility index (Phi) is 5.05. The summed E-state index contributed by atoms with van der Waals surface area (Å²) in [6.45, 7) is 6.16. The van der Waals surface area contributed by atoms with Crippen molar-refractivity contribution in [2.75, 3.05) is 13.2 Å². The monoisotopic (exact) mass is 255 g/mol. The molecule has 2 N–H and O–H groups in total. The molecule has 0 heterocycles. The molecule has 3 nitrogen and oxygen atoms in total. The van der Waals surface area contributed by atoms with E-state index in [0.717, 1.165) is 26.0 Å². The van der Waals surface area contributed by atoms with E-state index in [4.69, 9.17) is 4.74 Å². The standard InChI is InChI=1S/C15H29NO2/c1-15(2)13(11-14(15)17)16-9-6-10-18-12-7-4-3-5-8-12/h12-14,16-17H,3-11H2,1-2H3. The van der Waals surface area contributed by atoms with Gasteiger partial charge in [0.25, 0.3) is 0 Å². The van der Waals surface area contributed by atoms with E-state index in [-0.39, 0.29) is 11.5 Å². The normalized spacial score (nSPS) is 32.2. The molecule has 2 aliphatic carbocycles. The van der Waals surface area contributed by atoms with Crippen LogP contribution in [0.1, 0.15) is 58.8 Å². The van der Waals surface area contributed by atoms with Crippen LogP contribution in [-0.2, 0) is 4.74 Å². The van der Waals surface area contributed by atoms with E-state index < -0.39 is 0 Å². The average molecular weight is 255 g/mol. The van der Waals surface area contributed by atoms with Gasteiger partial charge in [-0.05, 0) is 32.2 Å². The lowest BCUT2D eigenvalue weighted by atomic mass is 9.64. The second-order valence-corrected chi connectivity index (χ2v) is 6.56. The Balaban J connectivity index is 1.49. The van der Waals surface area contributed by atoms with Crippen LogP contribution in [0, 0.1) is 5.41 Å². The van der Waals surface area contributed by atoms with Crippen molar-refractivity contribution in [3.63, 3.8) is 0 Å². The molecule has 2 unspecified atom stereocenters.